The number of fused-ring (bicyclic) bond motifs is 7. The summed E-state index contributed by atoms with van der Waals surface area (Å²) < 4.78 is 0. The van der Waals surface area contributed by atoms with Crippen LogP contribution < -0.4 is 0 Å². The van der Waals surface area contributed by atoms with Crippen LogP contribution in [0, 0.1) is 13.8 Å². The first-order valence-electron chi connectivity index (χ1n) is 9.45. The lowest BCUT2D eigenvalue weighted by atomic mass is 9.97. The molecule has 4 aromatic rings. The summed E-state index contributed by atoms with van der Waals surface area (Å²) in [7, 11) is 0. The third-order valence-electron chi connectivity index (χ3n) is 6.15. The summed E-state index contributed by atoms with van der Waals surface area (Å²) in [6.07, 6.45) is 2.13. The maximum absolute atomic E-state index is 2.46. The molecule has 0 saturated carbocycles. The summed E-state index contributed by atoms with van der Waals surface area (Å²) >= 11 is 0. The number of benzene rings is 4. The molecule has 0 bridgehead atoms. The number of hydrogen-bond acceptors (Lipinski definition) is 0. The van der Waals surface area contributed by atoms with Crippen molar-refractivity contribution < 1.29 is 0 Å². The van der Waals surface area contributed by atoms with Gasteiger partial charge in [0, 0.05) is 0 Å². The molecular formula is C26H20. The molecule has 0 amide bonds. The molecule has 0 spiro atoms. The fourth-order valence-corrected chi connectivity index (χ4v) is 4.89. The second-order valence-corrected chi connectivity index (χ2v) is 8.04. The highest BCUT2D eigenvalue weighted by Gasteiger charge is 2.25. The molecule has 0 heteroatoms. The van der Waals surface area contributed by atoms with E-state index in [-0.39, 0.29) is 0 Å². The maximum atomic E-state index is 2.46. The van der Waals surface area contributed by atoms with Crippen molar-refractivity contribution in [2.24, 2.45) is 0 Å². The zero-order valence-electron chi connectivity index (χ0n) is 15.2. The van der Waals surface area contributed by atoms with Crippen LogP contribution in [0.3, 0.4) is 0 Å². The summed E-state index contributed by atoms with van der Waals surface area (Å²) in [5.41, 5.74) is 14.4. The highest BCUT2D eigenvalue weighted by molar-refractivity contribution is 5.93. The molecule has 26 heavy (non-hydrogen) atoms. The van der Waals surface area contributed by atoms with Gasteiger partial charge in [0.05, 0.1) is 0 Å². The van der Waals surface area contributed by atoms with Crippen LogP contribution in [0.4, 0.5) is 0 Å². The van der Waals surface area contributed by atoms with Gasteiger partial charge in [0.2, 0.25) is 0 Å². The van der Waals surface area contributed by atoms with Crippen molar-refractivity contribution in [3.63, 3.8) is 0 Å². The molecule has 124 valence electrons. The number of rotatable bonds is 0. The third-order valence-corrected chi connectivity index (χ3v) is 6.15. The van der Waals surface area contributed by atoms with E-state index >= 15 is 0 Å². The van der Waals surface area contributed by atoms with Crippen LogP contribution in [0.1, 0.15) is 33.4 Å². The van der Waals surface area contributed by atoms with E-state index in [1.807, 2.05) is 0 Å². The smallest absolute Gasteiger partial charge is 0.00130 e. The van der Waals surface area contributed by atoms with E-state index in [2.05, 4.69) is 74.5 Å². The van der Waals surface area contributed by atoms with Gasteiger partial charge in [-0.25, -0.2) is 0 Å². The molecule has 0 unspecified atom stereocenters. The Morgan fingerprint density at radius 2 is 1.04 bits per heavy atom. The summed E-state index contributed by atoms with van der Waals surface area (Å²) in [6, 6.07) is 23.4. The van der Waals surface area contributed by atoms with Crippen LogP contribution in [-0.2, 0) is 12.8 Å². The van der Waals surface area contributed by atoms with Crippen molar-refractivity contribution in [1.82, 2.24) is 0 Å². The van der Waals surface area contributed by atoms with Crippen molar-refractivity contribution in [2.75, 3.05) is 0 Å². The predicted molar refractivity (Wildman–Crippen MR) is 110 cm³/mol. The molecule has 0 heterocycles. The minimum absolute atomic E-state index is 1.06. The van der Waals surface area contributed by atoms with Crippen molar-refractivity contribution in [3.05, 3.63) is 94.0 Å². The molecule has 4 aromatic carbocycles. The molecule has 0 aliphatic heterocycles. The Morgan fingerprint density at radius 1 is 0.462 bits per heavy atom. The van der Waals surface area contributed by atoms with Gasteiger partial charge in [-0.15, -0.1) is 0 Å². The van der Waals surface area contributed by atoms with Gasteiger partial charge in [-0.2, -0.15) is 0 Å². The lowest BCUT2D eigenvalue weighted by Gasteiger charge is -2.07. The fraction of sp³-hybridized carbons (Fsp3) is 0.154. The van der Waals surface area contributed by atoms with E-state index in [1.165, 1.54) is 66.4 Å². The van der Waals surface area contributed by atoms with Gasteiger partial charge in [-0.05, 0) is 100 Å². The first kappa shape index (κ1) is 14.3. The van der Waals surface area contributed by atoms with Gasteiger partial charge < -0.3 is 0 Å². The van der Waals surface area contributed by atoms with Crippen LogP contribution in [0.5, 0.6) is 0 Å². The Labute approximate surface area is 154 Å². The van der Waals surface area contributed by atoms with Gasteiger partial charge in [0.15, 0.2) is 0 Å². The Morgan fingerprint density at radius 3 is 1.85 bits per heavy atom. The zero-order chi connectivity index (χ0) is 17.4. The molecule has 2 aliphatic rings. The Kier molecular flexibility index (Phi) is 2.68. The van der Waals surface area contributed by atoms with Crippen LogP contribution >= 0.6 is 0 Å². The minimum Gasteiger partial charge on any atom is -0.0587 e. The van der Waals surface area contributed by atoms with E-state index in [4.69, 9.17) is 0 Å². The molecule has 0 aromatic heterocycles. The normalized spacial score (nSPS) is 13.5. The third kappa shape index (κ3) is 1.90. The van der Waals surface area contributed by atoms with E-state index in [0.717, 1.165) is 12.8 Å². The van der Waals surface area contributed by atoms with Crippen LogP contribution in [-0.4, -0.2) is 0 Å². The average molecular weight is 332 g/mol. The Hall–Kier alpha value is -2.86. The average Bonchev–Trinajstić information content (AvgIpc) is 3.14. The standard InChI is InChI=1S/C26H20/c1-15-3-5-17-12-25-20(9-18(17)7-15)11-22-13-24-21(14-26(22)25)10-19-8-16(2)4-6-23(19)24/h3-9,12-14H,10-11H2,1-2H3. The van der Waals surface area contributed by atoms with Gasteiger partial charge in [0.1, 0.15) is 0 Å². The van der Waals surface area contributed by atoms with Gasteiger partial charge in [-0.1, -0.05) is 53.6 Å². The van der Waals surface area contributed by atoms with E-state index < -0.39 is 0 Å². The first-order chi connectivity index (χ1) is 12.7. The van der Waals surface area contributed by atoms with Crippen LogP contribution in [0.25, 0.3) is 33.0 Å². The minimum atomic E-state index is 1.06. The lowest BCUT2D eigenvalue weighted by molar-refractivity contribution is 1.23. The molecule has 0 radical (unpaired) electrons. The second kappa shape index (κ2) is 4.86. The van der Waals surface area contributed by atoms with E-state index in [1.54, 1.807) is 0 Å². The highest BCUT2D eigenvalue weighted by Crippen LogP contribution is 2.45. The fourth-order valence-electron chi connectivity index (χ4n) is 4.89. The zero-order valence-corrected chi connectivity index (χ0v) is 15.2. The topological polar surface area (TPSA) is 0 Å². The molecular weight excluding hydrogens is 312 g/mol. The second-order valence-electron chi connectivity index (χ2n) is 8.04. The van der Waals surface area contributed by atoms with Gasteiger partial charge in [-0.3, -0.25) is 0 Å². The van der Waals surface area contributed by atoms with Crippen LogP contribution in [0.2, 0.25) is 0 Å². The first-order valence-corrected chi connectivity index (χ1v) is 9.45. The molecule has 0 saturated heterocycles. The summed E-state index contributed by atoms with van der Waals surface area (Å²) in [5, 5.41) is 2.71. The van der Waals surface area contributed by atoms with E-state index in [0.29, 0.717) is 0 Å². The van der Waals surface area contributed by atoms with E-state index in [9.17, 15) is 0 Å². The van der Waals surface area contributed by atoms with Gasteiger partial charge in [0.25, 0.3) is 0 Å². The summed E-state index contributed by atoms with van der Waals surface area (Å²) in [5.74, 6) is 0. The monoisotopic (exact) mass is 332 g/mol. The molecule has 0 nitrogen and oxygen atoms in total. The lowest BCUT2D eigenvalue weighted by Crippen LogP contribution is -1.85. The van der Waals surface area contributed by atoms with Crippen LogP contribution in [0.15, 0.2) is 60.7 Å². The molecule has 0 atom stereocenters. The van der Waals surface area contributed by atoms with Gasteiger partial charge >= 0.3 is 0 Å². The van der Waals surface area contributed by atoms with Crippen molar-refractivity contribution in [2.45, 2.75) is 26.7 Å². The Balaban J connectivity index is 1.54. The maximum Gasteiger partial charge on any atom is -0.00130 e. The SMILES string of the molecule is Cc1ccc2c(c1)Cc1cc3c(cc1-2)Cc1cc2cc(C)ccc2cc1-3. The largest absolute Gasteiger partial charge is 0.0587 e. The number of hydrogen-bond donors (Lipinski definition) is 0. The van der Waals surface area contributed by atoms with Crippen molar-refractivity contribution >= 4 is 10.8 Å². The molecule has 0 N–H and O–H groups in total. The Bertz CT molecular complexity index is 1240. The molecule has 6 rings (SSSR count). The van der Waals surface area contributed by atoms with Crippen molar-refractivity contribution in [3.8, 4) is 22.3 Å². The number of aryl methyl sites for hydroxylation is 2. The molecule has 2 aliphatic carbocycles. The quantitative estimate of drug-likeness (QED) is 0.294. The molecule has 0 fully saturated rings. The summed E-state index contributed by atoms with van der Waals surface area (Å²) in [4.78, 5) is 0. The highest BCUT2D eigenvalue weighted by atomic mass is 14.3. The predicted octanol–water partition coefficient (Wildman–Crippen LogP) is 6.60. The summed E-state index contributed by atoms with van der Waals surface area (Å²) in [6.45, 7) is 4.36. The van der Waals surface area contributed by atoms with Crippen molar-refractivity contribution in [1.29, 1.82) is 0 Å².